The molecule has 2 saturated heterocycles. The molecule has 14 nitrogen and oxygen atoms in total. The van der Waals surface area contributed by atoms with Gasteiger partial charge in [0.2, 0.25) is 0 Å². The Bertz CT molecular complexity index is 2470. The average molecular weight is 873 g/mol. The minimum absolute atomic E-state index is 0.0227. The van der Waals surface area contributed by atoms with Gasteiger partial charge in [0.25, 0.3) is 15.9 Å². The Morgan fingerprint density at radius 2 is 1.84 bits per heavy atom. The van der Waals surface area contributed by atoms with Crippen molar-refractivity contribution in [3.63, 3.8) is 0 Å². The summed E-state index contributed by atoms with van der Waals surface area (Å²) in [6.07, 6.45) is 11.7. The molecule has 324 valence electrons. The van der Waals surface area contributed by atoms with Crippen LogP contribution in [0.3, 0.4) is 0 Å². The van der Waals surface area contributed by atoms with Gasteiger partial charge >= 0.3 is 5.69 Å². The number of anilines is 1. The molecule has 4 heterocycles. The van der Waals surface area contributed by atoms with Crippen molar-refractivity contribution in [2.24, 2.45) is 23.2 Å². The van der Waals surface area contributed by atoms with Crippen molar-refractivity contribution >= 4 is 49.9 Å². The van der Waals surface area contributed by atoms with Gasteiger partial charge in [-0.3, -0.25) is 19.8 Å². The number of hydrogen-bond donors (Lipinski definition) is 2. The number of halogens is 1. The first kappa shape index (κ1) is 41.6. The van der Waals surface area contributed by atoms with Gasteiger partial charge in [0.05, 0.1) is 28.2 Å². The maximum Gasteiger partial charge on any atom is 0.312 e. The monoisotopic (exact) mass is 872 g/mol. The van der Waals surface area contributed by atoms with Gasteiger partial charge in [-0.15, -0.1) is 11.6 Å². The number of hydrogen-bond acceptors (Lipinski definition) is 11. The molecular weight excluding hydrogens is 820 g/mol. The Morgan fingerprint density at radius 3 is 2.57 bits per heavy atom. The zero-order chi connectivity index (χ0) is 42.5. The van der Waals surface area contributed by atoms with E-state index in [4.69, 9.17) is 25.8 Å². The van der Waals surface area contributed by atoms with Gasteiger partial charge in [0.15, 0.2) is 5.75 Å². The van der Waals surface area contributed by atoms with Crippen LogP contribution in [0.25, 0.3) is 11.0 Å². The van der Waals surface area contributed by atoms with Crippen molar-refractivity contribution < 1.29 is 32.3 Å². The predicted molar refractivity (Wildman–Crippen MR) is 232 cm³/mol. The number of nitrogens with one attached hydrogen (secondary N) is 2. The number of benzene rings is 2. The number of aromatic nitrogens is 2. The molecule has 2 aromatic heterocycles. The molecule has 3 saturated carbocycles. The summed E-state index contributed by atoms with van der Waals surface area (Å²) in [5, 5.41) is 12.8. The first-order valence-corrected chi connectivity index (χ1v) is 23.3. The van der Waals surface area contributed by atoms with E-state index in [9.17, 15) is 23.3 Å². The van der Waals surface area contributed by atoms with Crippen LogP contribution in [0, 0.1) is 33.3 Å². The molecule has 4 aromatic rings. The van der Waals surface area contributed by atoms with E-state index in [2.05, 4.69) is 38.3 Å². The lowest BCUT2D eigenvalue weighted by Gasteiger charge is -2.41. The molecule has 6 aliphatic rings. The van der Waals surface area contributed by atoms with E-state index in [1.165, 1.54) is 24.8 Å². The molecule has 2 bridgehead atoms. The number of sulfonamides is 1. The third-order valence-corrected chi connectivity index (χ3v) is 15.3. The Hall–Kier alpha value is -4.70. The number of piperazine rings is 1. The lowest BCUT2D eigenvalue weighted by Crippen LogP contribution is -2.47. The average Bonchev–Trinajstić information content (AvgIpc) is 3.94. The second-order valence-electron chi connectivity index (χ2n) is 18.4. The third-order valence-electron chi connectivity index (χ3n) is 13.5. The number of ether oxygens (including phenoxy) is 3. The topological polar surface area (TPSA) is 169 Å². The highest BCUT2D eigenvalue weighted by Gasteiger charge is 2.56. The van der Waals surface area contributed by atoms with Crippen molar-refractivity contribution in [2.45, 2.75) is 75.0 Å². The quantitative estimate of drug-likeness (QED) is 0.0575. The number of pyridine rings is 1. The van der Waals surface area contributed by atoms with Crippen molar-refractivity contribution in [3.8, 4) is 17.2 Å². The molecule has 10 rings (SSSR count). The van der Waals surface area contributed by atoms with Crippen LogP contribution in [0.5, 0.6) is 17.2 Å². The minimum atomic E-state index is -4.57. The molecule has 5 fully saturated rings. The molecule has 61 heavy (non-hydrogen) atoms. The first-order chi connectivity index (χ1) is 29.2. The molecule has 1 amide bonds. The largest absolute Gasteiger partial charge is 0.487 e. The Morgan fingerprint density at radius 1 is 1.05 bits per heavy atom. The number of nitro benzene ring substituents is 1. The first-order valence-electron chi connectivity index (χ1n) is 21.4. The van der Waals surface area contributed by atoms with Crippen molar-refractivity contribution in [1.29, 1.82) is 0 Å². The second kappa shape index (κ2) is 16.5. The molecular formula is C45H53ClN6O8S. The number of nitrogens with zero attached hydrogens (tertiary/aromatic N) is 4. The third kappa shape index (κ3) is 8.98. The number of carbonyl (C=O) groups excluding carboxylic acids is 1. The molecule has 1 unspecified atom stereocenters. The fourth-order valence-electron chi connectivity index (χ4n) is 10.1. The van der Waals surface area contributed by atoms with Crippen molar-refractivity contribution in [2.75, 3.05) is 57.4 Å². The van der Waals surface area contributed by atoms with E-state index in [0.29, 0.717) is 35.9 Å². The van der Waals surface area contributed by atoms with Crippen molar-refractivity contribution in [3.05, 3.63) is 87.7 Å². The molecule has 2 aromatic carbocycles. The molecule has 2 N–H and O–H groups in total. The summed E-state index contributed by atoms with van der Waals surface area (Å²) < 4.78 is 46.9. The summed E-state index contributed by atoms with van der Waals surface area (Å²) in [6, 6.07) is 12.1. The van der Waals surface area contributed by atoms with Crippen LogP contribution in [0.15, 0.2) is 77.0 Å². The van der Waals surface area contributed by atoms with E-state index in [1.807, 2.05) is 6.07 Å². The van der Waals surface area contributed by atoms with Crippen molar-refractivity contribution in [1.82, 2.24) is 19.6 Å². The van der Waals surface area contributed by atoms with Crippen LogP contribution < -0.4 is 19.1 Å². The zero-order valence-corrected chi connectivity index (χ0v) is 36.2. The molecule has 0 spiro atoms. The maximum atomic E-state index is 13.9. The standard InChI is InChI=1S/C45H53ClN6O8S/c1-44(2)11-7-31(37(24-44)38-25-45(46)22-32(38)23-45)27-50-13-15-51(16-14-50)33-3-5-36(41(20-33)60-34-19-30-8-12-47-42(30)48-26-34)43(53)49-61(56,57)35-4-6-40(39(21-35)52(54)55)59-28-29-9-17-58-18-10-29/h3-6,8,12,19-21,26,29,32,38H,7,9-11,13-18,22-25,27-28H2,1-2H3,(H,47,48)(H,49,53). The van der Waals surface area contributed by atoms with E-state index in [0.717, 1.165) is 101 Å². The summed E-state index contributed by atoms with van der Waals surface area (Å²) in [6.45, 7) is 10.4. The van der Waals surface area contributed by atoms with Gasteiger partial charge in [0.1, 0.15) is 17.1 Å². The number of fused-ring (bicyclic) bond motifs is 2. The van der Waals surface area contributed by atoms with E-state index in [-0.39, 0.29) is 34.5 Å². The molecule has 16 heteroatoms. The number of carbonyl (C=O) groups is 1. The van der Waals surface area contributed by atoms with E-state index >= 15 is 0 Å². The van der Waals surface area contributed by atoms with Crippen LogP contribution in [0.4, 0.5) is 11.4 Å². The number of alkyl halides is 1. The highest BCUT2D eigenvalue weighted by molar-refractivity contribution is 7.90. The number of amides is 1. The van der Waals surface area contributed by atoms with E-state index < -0.39 is 31.4 Å². The molecule has 2 aliphatic heterocycles. The van der Waals surface area contributed by atoms with Crippen LogP contribution in [-0.2, 0) is 14.8 Å². The molecule has 1 atom stereocenters. The summed E-state index contributed by atoms with van der Waals surface area (Å²) in [5.41, 5.74) is 4.55. The van der Waals surface area contributed by atoms with Gasteiger partial charge < -0.3 is 24.1 Å². The summed E-state index contributed by atoms with van der Waals surface area (Å²) >= 11 is 6.91. The van der Waals surface area contributed by atoms with Crippen LogP contribution in [0.1, 0.15) is 75.6 Å². The minimum Gasteiger partial charge on any atom is -0.487 e. The van der Waals surface area contributed by atoms with Crippen LogP contribution >= 0.6 is 11.6 Å². The lowest BCUT2D eigenvalue weighted by molar-refractivity contribution is -0.386. The lowest BCUT2D eigenvalue weighted by atomic mass is 9.69. The SMILES string of the molecule is CC1(C)CCC(CN2CCN(c3ccc(C(=O)NS(=O)(=O)c4ccc(OCC5CCOCC5)c([N+](=O)[O-])c4)c(Oc4cnc5[nH]ccc5c4)c3)CC2)=C(C2CC3(Cl)CC2C3)C1. The van der Waals surface area contributed by atoms with E-state index in [1.54, 1.807) is 41.6 Å². The highest BCUT2D eigenvalue weighted by atomic mass is 35.5. The Balaban J connectivity index is 0.921. The number of H-pyrrole nitrogens is 1. The summed E-state index contributed by atoms with van der Waals surface area (Å²) in [4.78, 5) is 37.1. The highest BCUT2D eigenvalue weighted by Crippen LogP contribution is 2.63. The van der Waals surface area contributed by atoms with Gasteiger partial charge in [0, 0.05) is 80.2 Å². The zero-order valence-electron chi connectivity index (χ0n) is 34.7. The maximum absolute atomic E-state index is 13.9. The fraction of sp³-hybridized carbons (Fsp3) is 0.511. The van der Waals surface area contributed by atoms with Gasteiger partial charge in [-0.05, 0) is 111 Å². The normalized spacial score (nSPS) is 24.4. The van der Waals surface area contributed by atoms with Gasteiger partial charge in [-0.1, -0.05) is 25.0 Å². The summed E-state index contributed by atoms with van der Waals surface area (Å²) in [7, 11) is -4.57. The number of aromatic amines is 1. The van der Waals surface area contributed by atoms with Gasteiger partial charge in [-0.25, -0.2) is 18.1 Å². The van der Waals surface area contributed by atoms with Crippen LogP contribution in [0.2, 0.25) is 0 Å². The smallest absolute Gasteiger partial charge is 0.312 e. The Kier molecular flexibility index (Phi) is 11.3. The number of allylic oxidation sites excluding steroid dienone is 1. The number of rotatable bonds is 13. The fourth-order valence-corrected chi connectivity index (χ4v) is 11.6. The predicted octanol–water partition coefficient (Wildman–Crippen LogP) is 8.22. The number of nitro groups is 1. The second-order valence-corrected chi connectivity index (χ2v) is 20.9. The summed E-state index contributed by atoms with van der Waals surface area (Å²) in [5.74, 6) is 1.02. The Labute approximate surface area is 361 Å². The molecule has 4 aliphatic carbocycles. The molecule has 0 radical (unpaired) electrons. The van der Waals surface area contributed by atoms with Crippen LogP contribution in [-0.4, -0.2) is 91.5 Å². The van der Waals surface area contributed by atoms with Gasteiger partial charge in [-0.2, -0.15) is 0 Å².